The van der Waals surface area contributed by atoms with Crippen molar-refractivity contribution in [3.8, 4) is 10.4 Å². The van der Waals surface area contributed by atoms with E-state index in [4.69, 9.17) is 0 Å². The summed E-state index contributed by atoms with van der Waals surface area (Å²) in [5.41, 5.74) is 2.25. The zero-order valence-corrected chi connectivity index (χ0v) is 20.7. The van der Waals surface area contributed by atoms with Crippen molar-refractivity contribution in [1.82, 2.24) is 9.59 Å². The molecule has 0 saturated heterocycles. The summed E-state index contributed by atoms with van der Waals surface area (Å²) in [5, 5.41) is 8.73. The molecule has 1 heterocycles. The highest BCUT2D eigenvalue weighted by Crippen LogP contribution is 2.58. The van der Waals surface area contributed by atoms with Crippen LogP contribution in [0.1, 0.15) is 5.69 Å². The maximum absolute atomic E-state index is 4.65. The predicted octanol–water partition coefficient (Wildman–Crippen LogP) is 2.70. The SMILES string of the molecule is [Br-].c1ccc(-c2snnc2C[P+](c2ccccc2)(c2ccccc2)c2ccccc2)cc1. The number of benzene rings is 4. The zero-order chi connectivity index (χ0) is 20.9. The van der Waals surface area contributed by atoms with Crippen molar-refractivity contribution in [2.75, 3.05) is 0 Å². The van der Waals surface area contributed by atoms with E-state index in [9.17, 15) is 0 Å². The van der Waals surface area contributed by atoms with Crippen LogP contribution in [0, 0.1) is 0 Å². The Balaban J connectivity index is 0.00000245. The summed E-state index contributed by atoms with van der Waals surface area (Å²) in [5.74, 6) is 0. The number of aromatic nitrogens is 2. The molecule has 1 aromatic heterocycles. The third-order valence-corrected chi connectivity index (χ3v) is 10.7. The molecule has 0 bridgehead atoms. The molecule has 0 fully saturated rings. The summed E-state index contributed by atoms with van der Waals surface area (Å²) in [6.45, 7) is 0. The first-order valence-corrected chi connectivity index (χ1v) is 13.0. The highest BCUT2D eigenvalue weighted by molar-refractivity contribution is 7.95. The first-order valence-electron chi connectivity index (χ1n) is 10.3. The third kappa shape index (κ3) is 4.31. The van der Waals surface area contributed by atoms with Crippen LogP contribution in [0.3, 0.4) is 0 Å². The topological polar surface area (TPSA) is 25.8 Å². The summed E-state index contributed by atoms with van der Waals surface area (Å²) in [7, 11) is -1.99. The van der Waals surface area contributed by atoms with Gasteiger partial charge < -0.3 is 17.0 Å². The normalized spacial score (nSPS) is 11.0. The van der Waals surface area contributed by atoms with Gasteiger partial charge in [-0.15, -0.1) is 5.10 Å². The van der Waals surface area contributed by atoms with E-state index in [0.717, 1.165) is 16.7 Å². The molecule has 0 amide bonds. The van der Waals surface area contributed by atoms with Gasteiger partial charge in [0.05, 0.1) is 4.88 Å². The first kappa shape index (κ1) is 22.5. The molecule has 5 rings (SSSR count). The van der Waals surface area contributed by atoms with Gasteiger partial charge in [-0.1, -0.05) is 89.4 Å². The van der Waals surface area contributed by atoms with Crippen LogP contribution >= 0.6 is 18.8 Å². The van der Waals surface area contributed by atoms with E-state index in [1.165, 1.54) is 33.0 Å². The molecule has 0 aliphatic carbocycles. The average molecular weight is 517 g/mol. The van der Waals surface area contributed by atoms with Crippen LogP contribution in [0.4, 0.5) is 0 Å². The van der Waals surface area contributed by atoms with Crippen molar-refractivity contribution in [2.24, 2.45) is 0 Å². The minimum atomic E-state index is -1.99. The molecule has 0 saturated carbocycles. The molecule has 2 nitrogen and oxygen atoms in total. The molecule has 0 N–H and O–H groups in total. The Kier molecular flexibility index (Phi) is 7.26. The van der Waals surface area contributed by atoms with Crippen LogP contribution in [-0.4, -0.2) is 9.59 Å². The molecule has 5 aromatic rings. The molecule has 0 atom stereocenters. The van der Waals surface area contributed by atoms with E-state index >= 15 is 0 Å². The fourth-order valence-electron chi connectivity index (χ4n) is 4.11. The lowest BCUT2D eigenvalue weighted by molar-refractivity contribution is -0.00000601. The van der Waals surface area contributed by atoms with Gasteiger partial charge in [-0.25, -0.2) is 0 Å². The fourth-order valence-corrected chi connectivity index (χ4v) is 9.06. The van der Waals surface area contributed by atoms with Crippen LogP contribution in [0.5, 0.6) is 0 Å². The second-order valence-corrected chi connectivity index (χ2v) is 11.6. The van der Waals surface area contributed by atoms with Gasteiger partial charge in [0.25, 0.3) is 0 Å². The van der Waals surface area contributed by atoms with Crippen molar-refractivity contribution in [2.45, 2.75) is 6.16 Å². The predicted molar refractivity (Wildman–Crippen MR) is 134 cm³/mol. The van der Waals surface area contributed by atoms with Crippen molar-refractivity contribution in [1.29, 1.82) is 0 Å². The summed E-state index contributed by atoms with van der Waals surface area (Å²) >= 11 is 1.49. The van der Waals surface area contributed by atoms with E-state index in [2.05, 4.69) is 125 Å². The molecule has 5 heteroatoms. The van der Waals surface area contributed by atoms with E-state index < -0.39 is 7.26 Å². The standard InChI is InChI=1S/C27H22N2PS.BrH/c1-5-13-22(14-6-1)27-26(28-29-31-27)21-30(23-15-7-2-8-16-23,24-17-9-3-10-18-24)25-19-11-4-12-20-25;/h1-20H,21H2;1H/q+1;/p-1. The summed E-state index contributed by atoms with van der Waals surface area (Å²) in [4.78, 5) is 1.16. The van der Waals surface area contributed by atoms with Crippen LogP contribution in [0.15, 0.2) is 121 Å². The van der Waals surface area contributed by atoms with Gasteiger partial charge in [-0.3, -0.25) is 0 Å². The van der Waals surface area contributed by atoms with Gasteiger partial charge in [0.2, 0.25) is 0 Å². The van der Waals surface area contributed by atoms with E-state index in [-0.39, 0.29) is 17.0 Å². The first-order chi connectivity index (χ1) is 15.4. The number of nitrogens with zero attached hydrogens (tertiary/aromatic N) is 2. The van der Waals surface area contributed by atoms with Crippen molar-refractivity contribution in [3.63, 3.8) is 0 Å². The third-order valence-electron chi connectivity index (χ3n) is 5.57. The Morgan fingerprint density at radius 1 is 0.562 bits per heavy atom. The summed E-state index contributed by atoms with van der Waals surface area (Å²) in [6.07, 6.45) is 0.839. The van der Waals surface area contributed by atoms with E-state index in [0.29, 0.717) is 0 Å². The van der Waals surface area contributed by atoms with Crippen molar-refractivity contribution in [3.05, 3.63) is 127 Å². The van der Waals surface area contributed by atoms with Gasteiger partial charge in [0.15, 0.2) is 0 Å². The lowest BCUT2D eigenvalue weighted by Gasteiger charge is -2.27. The van der Waals surface area contributed by atoms with Crippen LogP contribution in [0.2, 0.25) is 0 Å². The van der Waals surface area contributed by atoms with Crippen LogP contribution in [-0.2, 0) is 6.16 Å². The minimum Gasteiger partial charge on any atom is -1.00 e. The zero-order valence-electron chi connectivity index (χ0n) is 17.4. The highest BCUT2D eigenvalue weighted by atomic mass is 79.9. The molecule has 4 aromatic carbocycles. The largest absolute Gasteiger partial charge is 1.00 e. The second-order valence-electron chi connectivity index (χ2n) is 7.39. The molecule has 158 valence electrons. The van der Waals surface area contributed by atoms with Crippen LogP contribution < -0.4 is 32.9 Å². The van der Waals surface area contributed by atoms with Gasteiger partial charge >= 0.3 is 0 Å². The Labute approximate surface area is 204 Å². The second kappa shape index (κ2) is 10.3. The monoisotopic (exact) mass is 516 g/mol. The molecular weight excluding hydrogens is 495 g/mol. The Morgan fingerprint density at radius 2 is 0.969 bits per heavy atom. The average Bonchev–Trinajstić information content (AvgIpc) is 3.33. The molecule has 32 heavy (non-hydrogen) atoms. The molecule has 0 radical (unpaired) electrons. The van der Waals surface area contributed by atoms with Gasteiger partial charge in [0, 0.05) is 0 Å². The quantitative estimate of drug-likeness (QED) is 0.324. The Hall–Kier alpha value is -2.65. The van der Waals surface area contributed by atoms with Gasteiger partial charge in [0.1, 0.15) is 35.0 Å². The lowest BCUT2D eigenvalue weighted by atomic mass is 10.2. The molecular formula is C27H22BrN2PS. The number of hydrogen-bond donors (Lipinski definition) is 0. The van der Waals surface area contributed by atoms with E-state index in [1.807, 2.05) is 6.07 Å². The molecule has 0 aliphatic rings. The Morgan fingerprint density at radius 3 is 1.41 bits per heavy atom. The molecule has 0 aliphatic heterocycles. The van der Waals surface area contributed by atoms with E-state index in [1.54, 1.807) is 0 Å². The smallest absolute Gasteiger partial charge is 0.122 e. The van der Waals surface area contributed by atoms with Gasteiger partial charge in [-0.05, 0) is 53.5 Å². The Bertz CT molecular complexity index is 1150. The minimum absolute atomic E-state index is 0. The molecule has 0 unspecified atom stereocenters. The number of rotatable bonds is 6. The van der Waals surface area contributed by atoms with Gasteiger partial charge in [-0.2, -0.15) is 0 Å². The lowest BCUT2D eigenvalue weighted by Crippen LogP contribution is -3.00. The maximum atomic E-state index is 4.65. The number of hydrogen-bond acceptors (Lipinski definition) is 3. The fraction of sp³-hybridized carbons (Fsp3) is 0.0370. The maximum Gasteiger partial charge on any atom is 0.122 e. The summed E-state index contributed by atoms with van der Waals surface area (Å²) < 4.78 is 4.37. The number of halogens is 1. The van der Waals surface area contributed by atoms with Crippen molar-refractivity contribution >= 4 is 34.7 Å². The highest BCUT2D eigenvalue weighted by Gasteiger charge is 2.46. The molecule has 0 spiro atoms. The van der Waals surface area contributed by atoms with Crippen LogP contribution in [0.25, 0.3) is 10.4 Å². The van der Waals surface area contributed by atoms with Crippen molar-refractivity contribution < 1.29 is 17.0 Å². The summed E-state index contributed by atoms with van der Waals surface area (Å²) in [6, 6.07) is 43.3.